The SMILES string of the molecule is Cc1c(Cl)cccc1-c1nc2cc(Cl)c(Cl)cc2[nH]1. The van der Waals surface area contributed by atoms with Gasteiger partial charge in [0.15, 0.2) is 0 Å². The third kappa shape index (κ3) is 2.20. The standard InChI is InChI=1S/C14H9Cl3N2/c1-7-8(3-2-4-9(7)15)14-18-12-5-10(16)11(17)6-13(12)19-14/h2-6H,1H3,(H,18,19). The molecule has 0 radical (unpaired) electrons. The zero-order valence-corrected chi connectivity index (χ0v) is 12.2. The van der Waals surface area contributed by atoms with Crippen molar-refractivity contribution in [3.8, 4) is 11.4 Å². The van der Waals surface area contributed by atoms with Crippen LogP contribution in [0.4, 0.5) is 0 Å². The van der Waals surface area contributed by atoms with Crippen molar-refractivity contribution in [2.75, 3.05) is 0 Å². The summed E-state index contributed by atoms with van der Waals surface area (Å²) in [5.74, 6) is 0.758. The minimum atomic E-state index is 0.495. The molecule has 3 rings (SSSR count). The monoisotopic (exact) mass is 310 g/mol. The fourth-order valence-corrected chi connectivity index (χ4v) is 2.49. The van der Waals surface area contributed by atoms with E-state index in [0.717, 1.165) is 28.0 Å². The van der Waals surface area contributed by atoms with Crippen molar-refractivity contribution in [2.24, 2.45) is 0 Å². The number of nitrogens with zero attached hydrogens (tertiary/aromatic N) is 1. The molecule has 0 fully saturated rings. The zero-order valence-electron chi connectivity index (χ0n) is 9.97. The number of fused-ring (bicyclic) bond motifs is 1. The number of halogens is 3. The Labute approximate surface area is 125 Å². The largest absolute Gasteiger partial charge is 0.338 e. The molecule has 0 saturated carbocycles. The number of benzene rings is 2. The highest BCUT2D eigenvalue weighted by Gasteiger charge is 2.11. The summed E-state index contributed by atoms with van der Waals surface area (Å²) in [6.45, 7) is 1.96. The number of hydrogen-bond acceptors (Lipinski definition) is 1. The summed E-state index contributed by atoms with van der Waals surface area (Å²) in [5, 5.41) is 1.72. The lowest BCUT2D eigenvalue weighted by Gasteiger charge is -2.03. The third-order valence-corrected chi connectivity index (χ3v) is 4.18. The molecule has 3 aromatic rings. The lowest BCUT2D eigenvalue weighted by atomic mass is 10.1. The van der Waals surface area contributed by atoms with Crippen LogP contribution in [-0.4, -0.2) is 9.97 Å². The van der Waals surface area contributed by atoms with Gasteiger partial charge in [0.2, 0.25) is 0 Å². The van der Waals surface area contributed by atoms with Gasteiger partial charge in [-0.15, -0.1) is 0 Å². The Balaban J connectivity index is 2.23. The van der Waals surface area contributed by atoms with Crippen LogP contribution in [0.2, 0.25) is 15.1 Å². The van der Waals surface area contributed by atoms with E-state index in [1.165, 1.54) is 0 Å². The topological polar surface area (TPSA) is 28.7 Å². The van der Waals surface area contributed by atoms with Crippen molar-refractivity contribution in [1.82, 2.24) is 9.97 Å². The van der Waals surface area contributed by atoms with Gasteiger partial charge in [0.25, 0.3) is 0 Å². The fraction of sp³-hybridized carbons (Fsp3) is 0.0714. The Hall–Kier alpha value is -1.22. The number of hydrogen-bond donors (Lipinski definition) is 1. The Morgan fingerprint density at radius 2 is 1.74 bits per heavy atom. The Morgan fingerprint density at radius 3 is 2.53 bits per heavy atom. The highest BCUT2D eigenvalue weighted by atomic mass is 35.5. The summed E-state index contributed by atoms with van der Waals surface area (Å²) in [4.78, 5) is 7.76. The molecule has 0 saturated heterocycles. The number of H-pyrrole nitrogens is 1. The van der Waals surface area contributed by atoms with Gasteiger partial charge in [-0.1, -0.05) is 46.9 Å². The molecule has 0 amide bonds. The minimum Gasteiger partial charge on any atom is -0.338 e. The van der Waals surface area contributed by atoms with E-state index < -0.39 is 0 Å². The summed E-state index contributed by atoms with van der Waals surface area (Å²) < 4.78 is 0. The van der Waals surface area contributed by atoms with E-state index in [0.29, 0.717) is 15.1 Å². The van der Waals surface area contributed by atoms with E-state index in [2.05, 4.69) is 9.97 Å². The van der Waals surface area contributed by atoms with Gasteiger partial charge in [0.05, 0.1) is 21.1 Å². The van der Waals surface area contributed by atoms with E-state index in [1.807, 2.05) is 25.1 Å². The predicted molar refractivity (Wildman–Crippen MR) is 81.3 cm³/mol. The lowest BCUT2D eigenvalue weighted by Crippen LogP contribution is -1.85. The molecule has 2 nitrogen and oxygen atoms in total. The highest BCUT2D eigenvalue weighted by Crippen LogP contribution is 2.31. The second-order valence-electron chi connectivity index (χ2n) is 4.28. The van der Waals surface area contributed by atoms with Gasteiger partial charge in [-0.2, -0.15) is 0 Å². The second kappa shape index (κ2) is 4.71. The molecule has 0 aliphatic heterocycles. The second-order valence-corrected chi connectivity index (χ2v) is 5.50. The molecule has 0 bridgehead atoms. The number of aromatic nitrogens is 2. The average Bonchev–Trinajstić information content (AvgIpc) is 2.76. The lowest BCUT2D eigenvalue weighted by molar-refractivity contribution is 1.31. The molecule has 0 atom stereocenters. The van der Waals surface area contributed by atoms with Crippen LogP contribution in [0.5, 0.6) is 0 Å². The van der Waals surface area contributed by atoms with Crippen molar-refractivity contribution in [3.05, 3.63) is 51.0 Å². The van der Waals surface area contributed by atoms with Crippen molar-refractivity contribution >= 4 is 45.8 Å². The first-order valence-corrected chi connectivity index (χ1v) is 6.80. The van der Waals surface area contributed by atoms with Crippen LogP contribution >= 0.6 is 34.8 Å². The van der Waals surface area contributed by atoms with Crippen LogP contribution in [0.25, 0.3) is 22.4 Å². The summed E-state index contributed by atoms with van der Waals surface area (Å²) in [6, 6.07) is 9.26. The van der Waals surface area contributed by atoms with Crippen LogP contribution in [0.15, 0.2) is 30.3 Å². The maximum absolute atomic E-state index is 6.13. The van der Waals surface area contributed by atoms with Gasteiger partial charge in [-0.25, -0.2) is 4.98 Å². The molecule has 1 heterocycles. The number of rotatable bonds is 1. The summed E-state index contributed by atoms with van der Waals surface area (Å²) in [5.41, 5.74) is 3.59. The Kier molecular flexibility index (Phi) is 3.17. The number of nitrogens with one attached hydrogen (secondary N) is 1. The number of imidazole rings is 1. The fourth-order valence-electron chi connectivity index (χ4n) is 2.00. The first kappa shape index (κ1) is 12.8. The van der Waals surface area contributed by atoms with Crippen molar-refractivity contribution < 1.29 is 0 Å². The van der Waals surface area contributed by atoms with Crippen LogP contribution < -0.4 is 0 Å². The van der Waals surface area contributed by atoms with Crippen molar-refractivity contribution in [2.45, 2.75) is 6.92 Å². The quantitative estimate of drug-likeness (QED) is 0.631. The van der Waals surface area contributed by atoms with Gasteiger partial charge in [-0.05, 0) is 30.7 Å². The van der Waals surface area contributed by atoms with Gasteiger partial charge < -0.3 is 4.98 Å². The molecule has 1 N–H and O–H groups in total. The number of aromatic amines is 1. The van der Waals surface area contributed by atoms with Crippen LogP contribution in [-0.2, 0) is 0 Å². The molecule has 0 spiro atoms. The van der Waals surface area contributed by atoms with Crippen molar-refractivity contribution in [1.29, 1.82) is 0 Å². The molecule has 1 aromatic heterocycles. The molecular weight excluding hydrogens is 303 g/mol. The van der Waals surface area contributed by atoms with E-state index in [-0.39, 0.29) is 0 Å². The van der Waals surface area contributed by atoms with Gasteiger partial charge in [0, 0.05) is 10.6 Å². The summed E-state index contributed by atoms with van der Waals surface area (Å²) in [6.07, 6.45) is 0. The molecule has 0 aliphatic rings. The molecule has 96 valence electrons. The van der Waals surface area contributed by atoms with E-state index in [4.69, 9.17) is 34.8 Å². The summed E-state index contributed by atoms with van der Waals surface area (Å²) in [7, 11) is 0. The molecule has 0 aliphatic carbocycles. The zero-order chi connectivity index (χ0) is 13.6. The predicted octanol–water partition coefficient (Wildman–Crippen LogP) is 5.50. The average molecular weight is 312 g/mol. The van der Waals surface area contributed by atoms with Gasteiger partial charge >= 0.3 is 0 Å². The first-order chi connectivity index (χ1) is 9.06. The maximum Gasteiger partial charge on any atom is 0.138 e. The normalized spacial score (nSPS) is 11.2. The molecule has 0 unspecified atom stereocenters. The van der Waals surface area contributed by atoms with Crippen molar-refractivity contribution in [3.63, 3.8) is 0 Å². The van der Waals surface area contributed by atoms with Gasteiger partial charge in [-0.3, -0.25) is 0 Å². The summed E-state index contributed by atoms with van der Waals surface area (Å²) >= 11 is 18.1. The third-order valence-electron chi connectivity index (χ3n) is 3.05. The molecular formula is C14H9Cl3N2. The van der Waals surface area contributed by atoms with Crippen LogP contribution in [0, 0.1) is 6.92 Å². The van der Waals surface area contributed by atoms with E-state index in [1.54, 1.807) is 12.1 Å². The van der Waals surface area contributed by atoms with E-state index in [9.17, 15) is 0 Å². The maximum atomic E-state index is 6.13. The molecule has 19 heavy (non-hydrogen) atoms. The highest BCUT2D eigenvalue weighted by molar-refractivity contribution is 6.42. The smallest absolute Gasteiger partial charge is 0.138 e. The first-order valence-electron chi connectivity index (χ1n) is 5.66. The molecule has 5 heteroatoms. The Bertz CT molecular complexity index is 739. The van der Waals surface area contributed by atoms with E-state index >= 15 is 0 Å². The Morgan fingerprint density at radius 1 is 1.00 bits per heavy atom. The minimum absolute atomic E-state index is 0.495. The molecule has 2 aromatic carbocycles. The van der Waals surface area contributed by atoms with Gasteiger partial charge in [0.1, 0.15) is 5.82 Å². The van der Waals surface area contributed by atoms with Crippen LogP contribution in [0.1, 0.15) is 5.56 Å². The van der Waals surface area contributed by atoms with Crippen LogP contribution in [0.3, 0.4) is 0 Å².